The third-order valence-corrected chi connectivity index (χ3v) is 4.38. The van der Waals surface area contributed by atoms with Crippen LogP contribution in [0.3, 0.4) is 0 Å². The van der Waals surface area contributed by atoms with Gasteiger partial charge < -0.3 is 10.1 Å². The van der Waals surface area contributed by atoms with Gasteiger partial charge in [-0.3, -0.25) is 0 Å². The predicted molar refractivity (Wildman–Crippen MR) is 87.0 cm³/mol. The van der Waals surface area contributed by atoms with E-state index in [2.05, 4.69) is 36.1 Å². The maximum Gasteiger partial charge on any atom is 0.222 e. The SMILES string of the molecule is CCCNc1nc(C)nc(OC2CCCCC2CC)c1C. The van der Waals surface area contributed by atoms with Crippen LogP contribution in [0.15, 0.2) is 0 Å². The van der Waals surface area contributed by atoms with Crippen molar-refractivity contribution < 1.29 is 4.74 Å². The van der Waals surface area contributed by atoms with Gasteiger partial charge in [0, 0.05) is 6.54 Å². The molecule has 2 rings (SSSR count). The number of anilines is 1. The Morgan fingerprint density at radius 2 is 1.90 bits per heavy atom. The second-order valence-electron chi connectivity index (χ2n) is 6.09. The van der Waals surface area contributed by atoms with Crippen LogP contribution in [0.1, 0.15) is 63.8 Å². The molecule has 1 saturated carbocycles. The molecule has 1 N–H and O–H groups in total. The molecule has 2 unspecified atom stereocenters. The van der Waals surface area contributed by atoms with Gasteiger partial charge in [-0.2, -0.15) is 4.98 Å². The Balaban J connectivity index is 2.16. The van der Waals surface area contributed by atoms with Crippen molar-refractivity contribution in [3.63, 3.8) is 0 Å². The Morgan fingerprint density at radius 3 is 2.62 bits per heavy atom. The number of hydrogen-bond acceptors (Lipinski definition) is 4. The zero-order chi connectivity index (χ0) is 15.2. The minimum atomic E-state index is 0.316. The summed E-state index contributed by atoms with van der Waals surface area (Å²) in [6.07, 6.45) is 7.63. The molecule has 1 aliphatic carbocycles. The summed E-state index contributed by atoms with van der Waals surface area (Å²) in [5, 5.41) is 3.38. The summed E-state index contributed by atoms with van der Waals surface area (Å²) in [4.78, 5) is 9.03. The van der Waals surface area contributed by atoms with E-state index in [-0.39, 0.29) is 0 Å². The molecule has 118 valence electrons. The van der Waals surface area contributed by atoms with Crippen molar-refractivity contribution in [2.75, 3.05) is 11.9 Å². The molecule has 2 atom stereocenters. The van der Waals surface area contributed by atoms with Gasteiger partial charge in [-0.1, -0.05) is 20.3 Å². The molecule has 0 spiro atoms. The normalized spacial score (nSPS) is 22.1. The molecule has 0 saturated heterocycles. The zero-order valence-electron chi connectivity index (χ0n) is 13.9. The Kier molecular flexibility index (Phi) is 5.83. The molecule has 1 aromatic rings. The molecule has 1 heterocycles. The minimum absolute atomic E-state index is 0.316. The highest BCUT2D eigenvalue weighted by molar-refractivity contribution is 5.48. The van der Waals surface area contributed by atoms with Gasteiger partial charge in [-0.05, 0) is 51.9 Å². The van der Waals surface area contributed by atoms with Crippen molar-refractivity contribution in [1.82, 2.24) is 9.97 Å². The molecule has 21 heavy (non-hydrogen) atoms. The lowest BCUT2D eigenvalue weighted by Crippen LogP contribution is -2.30. The van der Waals surface area contributed by atoms with E-state index in [4.69, 9.17) is 4.74 Å². The van der Waals surface area contributed by atoms with Crippen LogP contribution in [0.2, 0.25) is 0 Å². The van der Waals surface area contributed by atoms with Crippen molar-refractivity contribution in [3.05, 3.63) is 11.4 Å². The Labute approximate surface area is 128 Å². The van der Waals surface area contributed by atoms with Crippen molar-refractivity contribution in [2.45, 2.75) is 72.3 Å². The predicted octanol–water partition coefficient (Wildman–Crippen LogP) is 4.26. The highest BCUT2D eigenvalue weighted by Gasteiger charge is 2.26. The molecule has 1 aromatic heterocycles. The highest BCUT2D eigenvalue weighted by atomic mass is 16.5. The first-order chi connectivity index (χ1) is 10.2. The van der Waals surface area contributed by atoms with Crippen molar-refractivity contribution in [2.24, 2.45) is 5.92 Å². The Bertz CT molecular complexity index is 462. The molecule has 0 amide bonds. The summed E-state index contributed by atoms with van der Waals surface area (Å²) in [6.45, 7) is 9.33. The third kappa shape index (κ3) is 4.08. The van der Waals surface area contributed by atoms with Crippen LogP contribution in [-0.4, -0.2) is 22.6 Å². The number of ether oxygens (including phenoxy) is 1. The van der Waals surface area contributed by atoms with E-state index >= 15 is 0 Å². The monoisotopic (exact) mass is 291 g/mol. The van der Waals surface area contributed by atoms with Crippen LogP contribution in [0.25, 0.3) is 0 Å². The zero-order valence-corrected chi connectivity index (χ0v) is 13.9. The standard InChI is InChI=1S/C17H29N3O/c1-5-11-18-16-12(3)17(20-13(4)19-16)21-15-10-8-7-9-14(15)6-2/h14-15H,5-11H2,1-4H3,(H,18,19,20). The van der Waals surface area contributed by atoms with Gasteiger partial charge in [0.05, 0.1) is 5.56 Å². The molecule has 1 fully saturated rings. The average molecular weight is 291 g/mol. The second kappa shape index (κ2) is 7.62. The molecule has 4 nitrogen and oxygen atoms in total. The molecule has 1 aliphatic rings. The van der Waals surface area contributed by atoms with Crippen molar-refractivity contribution in [1.29, 1.82) is 0 Å². The third-order valence-electron chi connectivity index (χ3n) is 4.38. The Morgan fingerprint density at radius 1 is 1.14 bits per heavy atom. The number of aromatic nitrogens is 2. The van der Waals surface area contributed by atoms with E-state index < -0.39 is 0 Å². The smallest absolute Gasteiger partial charge is 0.222 e. The van der Waals surface area contributed by atoms with E-state index in [0.29, 0.717) is 12.0 Å². The van der Waals surface area contributed by atoms with Gasteiger partial charge in [0.25, 0.3) is 0 Å². The lowest BCUT2D eigenvalue weighted by atomic mass is 9.85. The van der Waals surface area contributed by atoms with Crippen molar-refractivity contribution in [3.8, 4) is 5.88 Å². The van der Waals surface area contributed by atoms with Gasteiger partial charge in [0.2, 0.25) is 5.88 Å². The number of aryl methyl sites for hydroxylation is 1. The molecular formula is C17H29N3O. The molecule has 0 bridgehead atoms. The quantitative estimate of drug-likeness (QED) is 0.850. The molecular weight excluding hydrogens is 262 g/mol. The fourth-order valence-corrected chi connectivity index (χ4v) is 3.07. The van der Waals surface area contributed by atoms with E-state index in [9.17, 15) is 0 Å². The van der Waals surface area contributed by atoms with E-state index in [1.165, 1.54) is 25.7 Å². The van der Waals surface area contributed by atoms with Gasteiger partial charge in [-0.25, -0.2) is 4.98 Å². The average Bonchev–Trinajstić information content (AvgIpc) is 2.49. The summed E-state index contributed by atoms with van der Waals surface area (Å²) in [5.74, 6) is 3.13. The lowest BCUT2D eigenvalue weighted by Gasteiger charge is -2.31. The molecule has 0 radical (unpaired) electrons. The van der Waals surface area contributed by atoms with Crippen LogP contribution in [0.5, 0.6) is 5.88 Å². The fourth-order valence-electron chi connectivity index (χ4n) is 3.07. The van der Waals surface area contributed by atoms with Crippen LogP contribution in [0.4, 0.5) is 5.82 Å². The highest BCUT2D eigenvalue weighted by Crippen LogP contribution is 2.32. The first-order valence-electron chi connectivity index (χ1n) is 8.41. The number of rotatable bonds is 6. The van der Waals surface area contributed by atoms with Gasteiger partial charge in [0.1, 0.15) is 17.7 Å². The number of nitrogens with zero attached hydrogens (tertiary/aromatic N) is 2. The topological polar surface area (TPSA) is 47.0 Å². The summed E-state index contributed by atoms with van der Waals surface area (Å²) < 4.78 is 6.30. The summed E-state index contributed by atoms with van der Waals surface area (Å²) >= 11 is 0. The fraction of sp³-hybridized carbons (Fsp3) is 0.765. The summed E-state index contributed by atoms with van der Waals surface area (Å²) in [5.41, 5.74) is 1.04. The maximum absolute atomic E-state index is 6.30. The first kappa shape index (κ1) is 16.1. The number of nitrogens with one attached hydrogen (secondary N) is 1. The van der Waals surface area contributed by atoms with Crippen LogP contribution < -0.4 is 10.1 Å². The van der Waals surface area contributed by atoms with Crippen molar-refractivity contribution >= 4 is 5.82 Å². The second-order valence-corrected chi connectivity index (χ2v) is 6.09. The Hall–Kier alpha value is -1.32. The largest absolute Gasteiger partial charge is 0.474 e. The van der Waals surface area contributed by atoms with Gasteiger partial charge in [-0.15, -0.1) is 0 Å². The number of hydrogen-bond donors (Lipinski definition) is 1. The maximum atomic E-state index is 6.30. The van der Waals surface area contributed by atoms with Gasteiger partial charge >= 0.3 is 0 Å². The van der Waals surface area contributed by atoms with Gasteiger partial charge in [0.15, 0.2) is 0 Å². The summed E-state index contributed by atoms with van der Waals surface area (Å²) in [7, 11) is 0. The first-order valence-corrected chi connectivity index (χ1v) is 8.41. The van der Waals surface area contributed by atoms with Crippen LogP contribution >= 0.6 is 0 Å². The summed E-state index contributed by atoms with van der Waals surface area (Å²) in [6, 6.07) is 0. The molecule has 0 aliphatic heterocycles. The van der Waals surface area contributed by atoms with E-state index in [1.807, 2.05) is 6.92 Å². The molecule has 4 heteroatoms. The molecule has 0 aromatic carbocycles. The van der Waals surface area contributed by atoms with E-state index in [1.54, 1.807) is 0 Å². The lowest BCUT2D eigenvalue weighted by molar-refractivity contribution is 0.0848. The van der Waals surface area contributed by atoms with Crippen LogP contribution in [-0.2, 0) is 0 Å². The minimum Gasteiger partial charge on any atom is -0.474 e. The van der Waals surface area contributed by atoms with Crippen LogP contribution in [0, 0.1) is 19.8 Å². The van der Waals surface area contributed by atoms with E-state index in [0.717, 1.165) is 42.5 Å².